The van der Waals surface area contributed by atoms with Crippen LogP contribution in [0.15, 0.2) is 35.9 Å². The predicted molar refractivity (Wildman–Crippen MR) is 128 cm³/mol. The molecule has 1 atom stereocenters. The topological polar surface area (TPSA) is 66.9 Å². The summed E-state index contributed by atoms with van der Waals surface area (Å²) in [5.41, 5.74) is 1.61. The molecule has 0 aromatic heterocycles. The lowest BCUT2D eigenvalue weighted by atomic mass is 9.96. The van der Waals surface area contributed by atoms with E-state index in [0.717, 1.165) is 19.3 Å². The Morgan fingerprint density at radius 1 is 1.09 bits per heavy atom. The van der Waals surface area contributed by atoms with Gasteiger partial charge < -0.3 is 9.64 Å². The standard InChI is InChI=1S/C27H36N2O4/c1-26(2)23(27(26,3)4)25(32)28(16-15-18-9-7-6-8-10-18)21-17-22(30)29(24(21)31)19-11-13-20(33-5)14-12-19/h9,11-14,21,23H,6-8,10,15-17H2,1-5H3. The molecule has 1 saturated carbocycles. The van der Waals surface area contributed by atoms with E-state index in [2.05, 4.69) is 33.8 Å². The third-order valence-electron chi connectivity index (χ3n) is 8.44. The average Bonchev–Trinajstić information content (AvgIpc) is 3.02. The highest BCUT2D eigenvalue weighted by Crippen LogP contribution is 2.69. The van der Waals surface area contributed by atoms with Crippen molar-refractivity contribution in [2.45, 2.75) is 72.3 Å². The highest BCUT2D eigenvalue weighted by atomic mass is 16.5. The number of ether oxygens (including phenoxy) is 1. The molecule has 1 heterocycles. The third-order valence-corrected chi connectivity index (χ3v) is 8.44. The second-order valence-corrected chi connectivity index (χ2v) is 10.8. The Morgan fingerprint density at radius 2 is 1.76 bits per heavy atom. The van der Waals surface area contributed by atoms with Crippen LogP contribution in [0.3, 0.4) is 0 Å². The number of nitrogens with zero attached hydrogens (tertiary/aromatic N) is 2. The first-order valence-corrected chi connectivity index (χ1v) is 12.1. The van der Waals surface area contributed by atoms with Crippen molar-refractivity contribution in [2.75, 3.05) is 18.6 Å². The Kier molecular flexibility index (Phi) is 6.14. The number of imide groups is 1. The van der Waals surface area contributed by atoms with Gasteiger partial charge in [0.25, 0.3) is 5.91 Å². The van der Waals surface area contributed by atoms with Crippen LogP contribution < -0.4 is 9.64 Å². The van der Waals surface area contributed by atoms with Crippen molar-refractivity contribution in [1.29, 1.82) is 0 Å². The van der Waals surface area contributed by atoms with Crippen molar-refractivity contribution in [3.63, 3.8) is 0 Å². The molecule has 3 aliphatic rings. The van der Waals surface area contributed by atoms with Crippen molar-refractivity contribution in [3.8, 4) is 5.75 Å². The number of hydrogen-bond donors (Lipinski definition) is 0. The Labute approximate surface area is 197 Å². The molecule has 2 fully saturated rings. The van der Waals surface area contributed by atoms with Crippen LogP contribution in [0.1, 0.15) is 66.2 Å². The molecule has 33 heavy (non-hydrogen) atoms. The molecule has 4 rings (SSSR count). The van der Waals surface area contributed by atoms with Gasteiger partial charge >= 0.3 is 0 Å². The molecule has 0 spiro atoms. The number of carbonyl (C=O) groups is 3. The molecule has 0 radical (unpaired) electrons. The maximum Gasteiger partial charge on any atom is 0.257 e. The van der Waals surface area contributed by atoms with Crippen molar-refractivity contribution in [3.05, 3.63) is 35.9 Å². The van der Waals surface area contributed by atoms with Crippen molar-refractivity contribution in [1.82, 2.24) is 4.90 Å². The molecule has 178 valence electrons. The minimum atomic E-state index is -0.747. The smallest absolute Gasteiger partial charge is 0.257 e. The van der Waals surface area contributed by atoms with Gasteiger partial charge in [-0.05, 0) is 67.2 Å². The summed E-state index contributed by atoms with van der Waals surface area (Å²) in [6.45, 7) is 8.93. The number of benzene rings is 1. The van der Waals surface area contributed by atoms with Crippen LogP contribution in [0.25, 0.3) is 0 Å². The van der Waals surface area contributed by atoms with Gasteiger partial charge in [0.15, 0.2) is 0 Å². The van der Waals surface area contributed by atoms with Gasteiger partial charge in [0.2, 0.25) is 11.8 Å². The molecule has 6 nitrogen and oxygen atoms in total. The summed E-state index contributed by atoms with van der Waals surface area (Å²) in [6, 6.07) is 6.14. The van der Waals surface area contributed by atoms with E-state index in [4.69, 9.17) is 4.74 Å². The number of hydrogen-bond acceptors (Lipinski definition) is 4. The molecule has 3 amide bonds. The van der Waals surface area contributed by atoms with Gasteiger partial charge in [0.1, 0.15) is 11.8 Å². The summed E-state index contributed by atoms with van der Waals surface area (Å²) in [4.78, 5) is 43.2. The fourth-order valence-corrected chi connectivity index (χ4v) is 5.66. The van der Waals surface area contributed by atoms with Gasteiger partial charge in [0, 0.05) is 12.5 Å². The number of carbonyl (C=O) groups excluding carboxylic acids is 3. The Balaban J connectivity index is 1.59. The zero-order valence-corrected chi connectivity index (χ0v) is 20.5. The largest absolute Gasteiger partial charge is 0.497 e. The summed E-state index contributed by atoms with van der Waals surface area (Å²) in [5, 5.41) is 0. The van der Waals surface area contributed by atoms with Gasteiger partial charge in [-0.2, -0.15) is 0 Å². The molecular formula is C27H36N2O4. The molecule has 1 saturated heterocycles. The van der Waals surface area contributed by atoms with Crippen LogP contribution in [-0.4, -0.2) is 42.3 Å². The van der Waals surface area contributed by atoms with E-state index in [9.17, 15) is 14.4 Å². The zero-order valence-electron chi connectivity index (χ0n) is 20.5. The van der Waals surface area contributed by atoms with Gasteiger partial charge in [0.05, 0.1) is 19.2 Å². The van der Waals surface area contributed by atoms with Gasteiger partial charge in [-0.1, -0.05) is 39.3 Å². The van der Waals surface area contributed by atoms with E-state index in [-0.39, 0.29) is 40.9 Å². The van der Waals surface area contributed by atoms with E-state index < -0.39 is 6.04 Å². The van der Waals surface area contributed by atoms with Crippen molar-refractivity contribution < 1.29 is 19.1 Å². The minimum absolute atomic E-state index is 0.00383. The molecule has 1 unspecified atom stereocenters. The number of methoxy groups -OCH3 is 1. The Hall–Kier alpha value is -2.63. The summed E-state index contributed by atoms with van der Waals surface area (Å²) < 4.78 is 5.19. The lowest BCUT2D eigenvalue weighted by molar-refractivity contribution is -0.140. The molecule has 1 aliphatic heterocycles. The Morgan fingerprint density at radius 3 is 2.30 bits per heavy atom. The lowest BCUT2D eigenvalue weighted by Gasteiger charge is -2.29. The highest BCUT2D eigenvalue weighted by molar-refractivity contribution is 6.23. The van der Waals surface area contributed by atoms with E-state index in [1.54, 1.807) is 36.3 Å². The van der Waals surface area contributed by atoms with Crippen LogP contribution in [0, 0.1) is 16.7 Å². The summed E-state index contributed by atoms with van der Waals surface area (Å²) in [7, 11) is 1.57. The van der Waals surface area contributed by atoms with Gasteiger partial charge in [-0.25, -0.2) is 4.90 Å². The van der Waals surface area contributed by atoms with E-state index in [0.29, 0.717) is 18.0 Å². The molecule has 0 bridgehead atoms. The lowest BCUT2D eigenvalue weighted by Crippen LogP contribution is -2.47. The maximum atomic E-state index is 13.8. The van der Waals surface area contributed by atoms with Gasteiger partial charge in [-0.3, -0.25) is 14.4 Å². The number of allylic oxidation sites excluding steroid dienone is 1. The molecule has 0 N–H and O–H groups in total. The number of amides is 3. The molecule has 1 aromatic carbocycles. The summed E-state index contributed by atoms with van der Waals surface area (Å²) in [6.07, 6.45) is 7.60. The van der Waals surface area contributed by atoms with Crippen molar-refractivity contribution >= 4 is 23.4 Å². The van der Waals surface area contributed by atoms with E-state index in [1.807, 2.05) is 0 Å². The number of anilines is 1. The van der Waals surface area contributed by atoms with E-state index >= 15 is 0 Å². The van der Waals surface area contributed by atoms with E-state index in [1.165, 1.54) is 23.3 Å². The van der Waals surface area contributed by atoms with Crippen LogP contribution in [-0.2, 0) is 14.4 Å². The zero-order chi connectivity index (χ0) is 24.0. The monoisotopic (exact) mass is 452 g/mol. The molecule has 6 heteroatoms. The summed E-state index contributed by atoms with van der Waals surface area (Å²) >= 11 is 0. The van der Waals surface area contributed by atoms with Crippen LogP contribution >= 0.6 is 0 Å². The summed E-state index contributed by atoms with van der Waals surface area (Å²) in [5.74, 6) is -0.0656. The van der Waals surface area contributed by atoms with Crippen LogP contribution in [0.5, 0.6) is 5.75 Å². The first-order valence-electron chi connectivity index (χ1n) is 12.1. The second kappa shape index (κ2) is 8.62. The number of rotatable bonds is 7. The SMILES string of the molecule is COc1ccc(N2C(=O)CC(N(CCC3=CCCCC3)C(=O)C3C(C)(C)C3(C)C)C2=O)cc1. The highest BCUT2D eigenvalue weighted by Gasteiger charge is 2.69. The fraction of sp³-hybridized carbons (Fsp3) is 0.593. The first-order chi connectivity index (χ1) is 15.6. The predicted octanol–water partition coefficient (Wildman–Crippen LogP) is 4.73. The van der Waals surface area contributed by atoms with Crippen LogP contribution in [0.2, 0.25) is 0 Å². The second-order valence-electron chi connectivity index (χ2n) is 10.8. The minimum Gasteiger partial charge on any atom is -0.497 e. The van der Waals surface area contributed by atoms with Crippen molar-refractivity contribution in [2.24, 2.45) is 16.7 Å². The average molecular weight is 453 g/mol. The maximum absolute atomic E-state index is 13.8. The van der Waals surface area contributed by atoms with Crippen LogP contribution in [0.4, 0.5) is 5.69 Å². The molecule has 2 aliphatic carbocycles. The third kappa shape index (κ3) is 4.09. The quantitative estimate of drug-likeness (QED) is 0.443. The first kappa shape index (κ1) is 23.5. The Bertz CT molecular complexity index is 962. The fourth-order valence-electron chi connectivity index (χ4n) is 5.66. The normalized spacial score (nSPS) is 24.0. The molecule has 1 aromatic rings. The molecular weight excluding hydrogens is 416 g/mol. The van der Waals surface area contributed by atoms with Gasteiger partial charge in [-0.15, -0.1) is 0 Å².